The molecule has 4 rings (SSSR count). The number of aromatic nitrogens is 1. The van der Waals surface area contributed by atoms with Gasteiger partial charge in [-0.2, -0.15) is 0 Å². The third-order valence-electron chi connectivity index (χ3n) is 6.20. The van der Waals surface area contributed by atoms with Gasteiger partial charge in [-0.25, -0.2) is 8.42 Å². The smallest absolute Gasteiger partial charge is 0.270 e. The fourth-order valence-corrected chi connectivity index (χ4v) is 5.65. The highest BCUT2D eigenvalue weighted by atomic mass is 32.2. The number of rotatable bonds is 5. The van der Waals surface area contributed by atoms with Crippen molar-refractivity contribution in [3.63, 3.8) is 0 Å². The van der Waals surface area contributed by atoms with E-state index in [9.17, 15) is 18.0 Å². The number of pyridine rings is 1. The van der Waals surface area contributed by atoms with Crippen molar-refractivity contribution in [3.8, 4) is 0 Å². The van der Waals surface area contributed by atoms with Crippen molar-refractivity contribution < 1.29 is 22.4 Å². The van der Waals surface area contributed by atoms with Gasteiger partial charge in [0.05, 0.1) is 11.6 Å². The molecule has 0 radical (unpaired) electrons. The van der Waals surface area contributed by atoms with E-state index in [0.29, 0.717) is 62.0 Å². The minimum atomic E-state index is -3.42. The fraction of sp³-hybridized carbons (Fsp3) is 0.476. The molecule has 1 saturated heterocycles. The summed E-state index contributed by atoms with van der Waals surface area (Å²) in [6.07, 6.45) is 9.18. The SMILES string of the molecule is CS(=O)(=O)C1(C(=O)N2CCC(=CCNC(=O)c3nccc4occc34)CC2)CCC1. The van der Waals surface area contributed by atoms with Crippen LogP contribution < -0.4 is 5.32 Å². The number of piperidine rings is 1. The third-order valence-corrected chi connectivity index (χ3v) is 8.20. The third kappa shape index (κ3) is 3.62. The summed E-state index contributed by atoms with van der Waals surface area (Å²) in [5.41, 5.74) is 2.09. The summed E-state index contributed by atoms with van der Waals surface area (Å²) in [7, 11) is -3.42. The van der Waals surface area contributed by atoms with Crippen molar-refractivity contribution >= 4 is 32.6 Å². The second-order valence-corrected chi connectivity index (χ2v) is 10.3. The van der Waals surface area contributed by atoms with Crippen LogP contribution >= 0.6 is 0 Å². The Morgan fingerprint density at radius 3 is 2.63 bits per heavy atom. The maximum Gasteiger partial charge on any atom is 0.270 e. The summed E-state index contributed by atoms with van der Waals surface area (Å²) in [5, 5.41) is 3.52. The highest BCUT2D eigenvalue weighted by Gasteiger charge is 2.54. The number of furan rings is 1. The van der Waals surface area contributed by atoms with Crippen molar-refractivity contribution in [3.05, 3.63) is 41.9 Å². The van der Waals surface area contributed by atoms with Crippen LogP contribution in [0.5, 0.6) is 0 Å². The molecule has 2 aromatic heterocycles. The summed E-state index contributed by atoms with van der Waals surface area (Å²) in [6.45, 7) is 1.38. The van der Waals surface area contributed by atoms with E-state index in [2.05, 4.69) is 10.3 Å². The molecule has 0 unspecified atom stereocenters. The Kier molecular flexibility index (Phi) is 5.40. The first-order chi connectivity index (χ1) is 14.3. The van der Waals surface area contributed by atoms with Gasteiger partial charge in [-0.15, -0.1) is 0 Å². The van der Waals surface area contributed by atoms with Crippen LogP contribution in [0.3, 0.4) is 0 Å². The Labute approximate surface area is 175 Å². The minimum absolute atomic E-state index is 0.247. The monoisotopic (exact) mass is 431 g/mol. The molecule has 1 aliphatic carbocycles. The zero-order chi connectivity index (χ0) is 21.4. The number of fused-ring (bicyclic) bond motifs is 1. The number of nitrogens with one attached hydrogen (secondary N) is 1. The van der Waals surface area contributed by atoms with Crippen LogP contribution in [0.25, 0.3) is 11.0 Å². The highest BCUT2D eigenvalue weighted by Crippen LogP contribution is 2.41. The van der Waals surface area contributed by atoms with Crippen LogP contribution in [-0.4, -0.2) is 60.8 Å². The van der Waals surface area contributed by atoms with Gasteiger partial charge in [0.2, 0.25) is 5.91 Å². The molecule has 1 aliphatic heterocycles. The van der Waals surface area contributed by atoms with E-state index in [1.165, 1.54) is 18.7 Å². The predicted octanol–water partition coefficient (Wildman–Crippen LogP) is 2.07. The lowest BCUT2D eigenvalue weighted by molar-refractivity contribution is -0.136. The Balaban J connectivity index is 1.32. The molecule has 160 valence electrons. The summed E-state index contributed by atoms with van der Waals surface area (Å²) in [6, 6.07) is 3.43. The van der Waals surface area contributed by atoms with Gasteiger partial charge in [-0.3, -0.25) is 14.6 Å². The zero-order valence-corrected chi connectivity index (χ0v) is 17.7. The second kappa shape index (κ2) is 7.86. The fourth-order valence-electron chi connectivity index (χ4n) is 4.18. The van der Waals surface area contributed by atoms with E-state index in [4.69, 9.17) is 4.42 Å². The maximum absolute atomic E-state index is 12.9. The number of hydrogen-bond donors (Lipinski definition) is 1. The van der Waals surface area contributed by atoms with E-state index in [0.717, 1.165) is 12.0 Å². The molecule has 1 N–H and O–H groups in total. The van der Waals surface area contributed by atoms with E-state index in [-0.39, 0.29) is 11.8 Å². The average molecular weight is 432 g/mol. The largest absolute Gasteiger partial charge is 0.464 e. The van der Waals surface area contributed by atoms with Gasteiger partial charge in [-0.1, -0.05) is 11.6 Å². The van der Waals surface area contributed by atoms with Crippen LogP contribution in [0.1, 0.15) is 42.6 Å². The summed E-state index contributed by atoms with van der Waals surface area (Å²) < 4.78 is 28.4. The quantitative estimate of drug-likeness (QED) is 0.726. The molecule has 0 aromatic carbocycles. The molecule has 2 aliphatic rings. The van der Waals surface area contributed by atoms with Gasteiger partial charge in [-0.05, 0) is 44.2 Å². The number of nitrogens with zero attached hydrogens (tertiary/aromatic N) is 2. The lowest BCUT2D eigenvalue weighted by Gasteiger charge is -2.43. The minimum Gasteiger partial charge on any atom is -0.464 e. The Hall–Kier alpha value is -2.68. The number of amides is 2. The lowest BCUT2D eigenvalue weighted by atomic mass is 9.82. The van der Waals surface area contributed by atoms with Gasteiger partial charge >= 0.3 is 0 Å². The maximum atomic E-state index is 12.9. The van der Waals surface area contributed by atoms with E-state index in [1.54, 1.807) is 17.0 Å². The zero-order valence-electron chi connectivity index (χ0n) is 16.9. The van der Waals surface area contributed by atoms with Crippen molar-refractivity contribution in [1.82, 2.24) is 15.2 Å². The van der Waals surface area contributed by atoms with Gasteiger partial charge in [0, 0.05) is 32.1 Å². The molecular formula is C21H25N3O5S. The molecule has 0 atom stereocenters. The number of sulfone groups is 1. The molecule has 30 heavy (non-hydrogen) atoms. The Morgan fingerprint density at radius 2 is 2.00 bits per heavy atom. The Bertz CT molecular complexity index is 1100. The van der Waals surface area contributed by atoms with E-state index < -0.39 is 14.6 Å². The standard InChI is InChI=1S/C21H25N3O5S/c1-30(27,28)21(8-2-9-21)20(26)24-12-5-15(6-13-24)3-10-23-19(25)18-16-7-14-29-17(16)4-11-22-18/h3-4,7,11,14H,2,5-6,8-10,12-13H2,1H3,(H,23,25). The lowest BCUT2D eigenvalue weighted by Crippen LogP contribution is -2.58. The first kappa shape index (κ1) is 20.6. The van der Waals surface area contributed by atoms with Crippen LogP contribution in [0.15, 0.2) is 40.7 Å². The normalized spacial score (nSPS) is 18.7. The first-order valence-electron chi connectivity index (χ1n) is 10.1. The Morgan fingerprint density at radius 1 is 1.27 bits per heavy atom. The number of likely N-dealkylation sites (tertiary alicyclic amines) is 1. The van der Waals surface area contributed by atoms with Crippen LogP contribution in [0.4, 0.5) is 0 Å². The van der Waals surface area contributed by atoms with E-state index in [1.807, 2.05) is 6.08 Å². The molecule has 3 heterocycles. The molecule has 8 nitrogen and oxygen atoms in total. The van der Waals surface area contributed by atoms with Gasteiger partial charge < -0.3 is 14.6 Å². The molecule has 0 spiro atoms. The van der Waals surface area contributed by atoms with Gasteiger partial charge in [0.15, 0.2) is 14.6 Å². The molecular weight excluding hydrogens is 406 g/mol. The van der Waals surface area contributed by atoms with Crippen molar-refractivity contribution in [2.24, 2.45) is 0 Å². The highest BCUT2D eigenvalue weighted by molar-refractivity contribution is 7.93. The van der Waals surface area contributed by atoms with Crippen LogP contribution in [-0.2, 0) is 14.6 Å². The molecule has 9 heteroatoms. The molecule has 0 bridgehead atoms. The topological polar surface area (TPSA) is 110 Å². The molecule has 2 fully saturated rings. The average Bonchev–Trinajstić information content (AvgIpc) is 3.15. The number of carbonyl (C=O) groups is 2. The molecule has 2 aromatic rings. The van der Waals surface area contributed by atoms with Gasteiger partial charge in [0.25, 0.3) is 5.91 Å². The summed E-state index contributed by atoms with van der Waals surface area (Å²) in [4.78, 5) is 31.1. The van der Waals surface area contributed by atoms with E-state index >= 15 is 0 Å². The summed E-state index contributed by atoms with van der Waals surface area (Å²) in [5.74, 6) is -0.519. The second-order valence-electron chi connectivity index (χ2n) is 7.98. The summed E-state index contributed by atoms with van der Waals surface area (Å²) >= 11 is 0. The van der Waals surface area contributed by atoms with Gasteiger partial charge in [0.1, 0.15) is 11.3 Å². The number of carbonyl (C=O) groups excluding carboxylic acids is 2. The first-order valence-corrected chi connectivity index (χ1v) is 12.0. The van der Waals surface area contributed by atoms with Crippen LogP contribution in [0, 0.1) is 0 Å². The molecule has 1 saturated carbocycles. The molecule has 2 amide bonds. The van der Waals surface area contributed by atoms with Crippen molar-refractivity contribution in [2.45, 2.75) is 36.9 Å². The van der Waals surface area contributed by atoms with Crippen molar-refractivity contribution in [2.75, 3.05) is 25.9 Å². The van der Waals surface area contributed by atoms with Crippen molar-refractivity contribution in [1.29, 1.82) is 0 Å². The predicted molar refractivity (Wildman–Crippen MR) is 112 cm³/mol. The van der Waals surface area contributed by atoms with Crippen LogP contribution in [0.2, 0.25) is 0 Å². The number of hydrogen-bond acceptors (Lipinski definition) is 6.